The second kappa shape index (κ2) is 5.14. The van der Waals surface area contributed by atoms with Gasteiger partial charge in [0.05, 0.1) is 12.2 Å². The van der Waals surface area contributed by atoms with Crippen molar-refractivity contribution in [3.63, 3.8) is 0 Å². The summed E-state index contributed by atoms with van der Waals surface area (Å²) in [5, 5.41) is 4.53. The van der Waals surface area contributed by atoms with Crippen LogP contribution in [0.3, 0.4) is 0 Å². The number of aromatic nitrogens is 1. The summed E-state index contributed by atoms with van der Waals surface area (Å²) in [6.45, 7) is 4.97. The Bertz CT molecular complexity index is 474. The summed E-state index contributed by atoms with van der Waals surface area (Å²) in [4.78, 5) is 5.81. The molecule has 1 heterocycles. The minimum atomic E-state index is 0.805. The van der Waals surface area contributed by atoms with Crippen molar-refractivity contribution in [3.8, 4) is 0 Å². The van der Waals surface area contributed by atoms with Gasteiger partial charge < -0.3 is 5.32 Å². The third-order valence-corrected chi connectivity index (χ3v) is 4.09. The molecule has 0 aliphatic rings. The molecule has 2 rings (SSSR count). The van der Waals surface area contributed by atoms with Crippen molar-refractivity contribution in [1.82, 2.24) is 4.98 Å². The van der Waals surface area contributed by atoms with Crippen LogP contribution >= 0.6 is 33.9 Å². The predicted molar refractivity (Wildman–Crippen MR) is 78.1 cm³/mol. The Kier molecular flexibility index (Phi) is 3.81. The maximum atomic E-state index is 4.50. The molecule has 4 heteroatoms. The van der Waals surface area contributed by atoms with Crippen molar-refractivity contribution in [2.45, 2.75) is 20.4 Å². The minimum absolute atomic E-state index is 0.805. The Labute approximate surface area is 113 Å². The Morgan fingerprint density at radius 3 is 2.81 bits per heavy atom. The lowest BCUT2D eigenvalue weighted by atomic mass is 10.3. The molecule has 1 aromatic carbocycles. The molecule has 0 saturated carbocycles. The Hall–Kier alpha value is -0.620. The van der Waals surface area contributed by atoms with Crippen LogP contribution in [0.1, 0.15) is 15.6 Å². The molecular weight excluding hydrogens is 331 g/mol. The van der Waals surface area contributed by atoms with Crippen molar-refractivity contribution in [2.24, 2.45) is 0 Å². The first kappa shape index (κ1) is 11.9. The fraction of sp³-hybridized carbons (Fsp3) is 0.250. The number of hydrogen-bond donors (Lipinski definition) is 1. The average molecular weight is 344 g/mol. The quantitative estimate of drug-likeness (QED) is 0.852. The molecule has 1 aromatic heterocycles. The Morgan fingerprint density at radius 2 is 2.19 bits per heavy atom. The van der Waals surface area contributed by atoms with E-state index in [0.29, 0.717) is 0 Å². The van der Waals surface area contributed by atoms with Gasteiger partial charge in [0.15, 0.2) is 0 Å². The van der Waals surface area contributed by atoms with E-state index in [-0.39, 0.29) is 0 Å². The van der Waals surface area contributed by atoms with Crippen LogP contribution in [0.5, 0.6) is 0 Å². The highest BCUT2D eigenvalue weighted by atomic mass is 127. The first-order valence-corrected chi connectivity index (χ1v) is 6.97. The molecule has 0 spiro atoms. The van der Waals surface area contributed by atoms with Gasteiger partial charge in [0.2, 0.25) is 0 Å². The fourth-order valence-electron chi connectivity index (χ4n) is 1.39. The van der Waals surface area contributed by atoms with E-state index in [9.17, 15) is 0 Å². The average Bonchev–Trinajstić information content (AvgIpc) is 2.56. The van der Waals surface area contributed by atoms with Gasteiger partial charge in [-0.15, -0.1) is 11.3 Å². The van der Waals surface area contributed by atoms with Gasteiger partial charge in [0, 0.05) is 14.1 Å². The zero-order valence-corrected chi connectivity index (χ0v) is 12.2. The molecule has 16 heavy (non-hydrogen) atoms. The van der Waals surface area contributed by atoms with Gasteiger partial charge in [-0.25, -0.2) is 4.98 Å². The number of nitrogens with one attached hydrogen (secondary N) is 1. The highest BCUT2D eigenvalue weighted by Crippen LogP contribution is 2.18. The van der Waals surface area contributed by atoms with Crippen LogP contribution < -0.4 is 5.32 Å². The molecular formula is C12H13IN2S. The number of hydrogen-bond acceptors (Lipinski definition) is 3. The fourth-order valence-corrected chi connectivity index (χ4v) is 2.81. The third-order valence-electron chi connectivity index (χ3n) is 2.34. The number of aryl methyl sites for hydroxylation is 2. The number of halogens is 1. The van der Waals surface area contributed by atoms with E-state index in [1.807, 2.05) is 0 Å². The number of anilines is 1. The van der Waals surface area contributed by atoms with Crippen LogP contribution in [-0.2, 0) is 6.54 Å². The van der Waals surface area contributed by atoms with Gasteiger partial charge in [0.25, 0.3) is 0 Å². The van der Waals surface area contributed by atoms with Gasteiger partial charge in [-0.2, -0.15) is 0 Å². The van der Waals surface area contributed by atoms with Crippen molar-refractivity contribution in [3.05, 3.63) is 43.4 Å². The minimum Gasteiger partial charge on any atom is -0.378 e. The number of nitrogens with zero attached hydrogens (tertiary/aromatic N) is 1. The van der Waals surface area contributed by atoms with Gasteiger partial charge in [0.1, 0.15) is 5.01 Å². The van der Waals surface area contributed by atoms with Crippen LogP contribution in [0, 0.1) is 17.4 Å². The van der Waals surface area contributed by atoms with E-state index in [4.69, 9.17) is 0 Å². The molecule has 0 radical (unpaired) electrons. The largest absolute Gasteiger partial charge is 0.378 e. The van der Waals surface area contributed by atoms with Crippen molar-refractivity contribution >= 4 is 39.6 Å². The molecule has 84 valence electrons. The molecule has 0 amide bonds. The molecule has 0 aliphatic heterocycles. The molecule has 2 aromatic rings. The van der Waals surface area contributed by atoms with Crippen LogP contribution in [-0.4, -0.2) is 4.98 Å². The lowest BCUT2D eigenvalue weighted by Gasteiger charge is -2.03. The molecule has 0 saturated heterocycles. The second-order valence-corrected chi connectivity index (χ2v) is 6.15. The van der Waals surface area contributed by atoms with E-state index in [2.05, 4.69) is 71.0 Å². The summed E-state index contributed by atoms with van der Waals surface area (Å²) in [5.74, 6) is 0. The Balaban J connectivity index is 2.02. The van der Waals surface area contributed by atoms with E-state index in [1.165, 1.54) is 8.45 Å². The molecule has 0 unspecified atom stereocenters. The van der Waals surface area contributed by atoms with Crippen molar-refractivity contribution in [1.29, 1.82) is 0 Å². The Morgan fingerprint density at radius 1 is 1.38 bits per heavy atom. The summed E-state index contributed by atoms with van der Waals surface area (Å²) < 4.78 is 1.24. The lowest BCUT2D eigenvalue weighted by molar-refractivity contribution is 1.07. The second-order valence-electron chi connectivity index (χ2n) is 3.61. The topological polar surface area (TPSA) is 24.9 Å². The van der Waals surface area contributed by atoms with E-state index >= 15 is 0 Å². The number of benzene rings is 1. The molecule has 1 N–H and O–H groups in total. The zero-order valence-electron chi connectivity index (χ0n) is 9.25. The van der Waals surface area contributed by atoms with Crippen LogP contribution in [0.15, 0.2) is 24.3 Å². The van der Waals surface area contributed by atoms with Crippen molar-refractivity contribution < 1.29 is 0 Å². The predicted octanol–water partition coefficient (Wildman–Crippen LogP) is 3.98. The summed E-state index contributed by atoms with van der Waals surface area (Å²) in [6.07, 6.45) is 0. The van der Waals surface area contributed by atoms with Gasteiger partial charge >= 0.3 is 0 Å². The monoisotopic (exact) mass is 344 g/mol. The highest BCUT2D eigenvalue weighted by Gasteiger charge is 2.03. The normalized spacial score (nSPS) is 10.4. The third kappa shape index (κ3) is 2.95. The standard InChI is InChI=1S/C12H13IN2S/c1-8-9(2)16-12(15-8)7-14-11-5-3-4-10(13)6-11/h3-6,14H,7H2,1-2H3. The van der Waals surface area contributed by atoms with Gasteiger partial charge in [-0.05, 0) is 54.6 Å². The first-order valence-electron chi connectivity index (χ1n) is 5.07. The summed E-state index contributed by atoms with van der Waals surface area (Å²) in [5.41, 5.74) is 2.29. The van der Waals surface area contributed by atoms with Gasteiger partial charge in [-0.3, -0.25) is 0 Å². The number of thiazole rings is 1. The summed E-state index contributed by atoms with van der Waals surface area (Å²) >= 11 is 4.08. The molecule has 0 atom stereocenters. The van der Waals surface area contributed by atoms with E-state index in [0.717, 1.165) is 22.9 Å². The molecule has 0 aliphatic carbocycles. The lowest BCUT2D eigenvalue weighted by Crippen LogP contribution is -1.98. The van der Waals surface area contributed by atoms with Crippen LogP contribution in [0.25, 0.3) is 0 Å². The van der Waals surface area contributed by atoms with E-state index in [1.54, 1.807) is 11.3 Å². The molecule has 0 fully saturated rings. The summed E-state index contributed by atoms with van der Waals surface area (Å²) in [6, 6.07) is 8.36. The summed E-state index contributed by atoms with van der Waals surface area (Å²) in [7, 11) is 0. The SMILES string of the molecule is Cc1nc(CNc2cccc(I)c2)sc1C. The maximum absolute atomic E-state index is 4.50. The zero-order chi connectivity index (χ0) is 11.5. The van der Waals surface area contributed by atoms with Crippen LogP contribution in [0.4, 0.5) is 5.69 Å². The van der Waals surface area contributed by atoms with E-state index < -0.39 is 0 Å². The molecule has 2 nitrogen and oxygen atoms in total. The van der Waals surface area contributed by atoms with Gasteiger partial charge in [-0.1, -0.05) is 6.07 Å². The maximum Gasteiger partial charge on any atom is 0.112 e. The van der Waals surface area contributed by atoms with Crippen molar-refractivity contribution in [2.75, 3.05) is 5.32 Å². The van der Waals surface area contributed by atoms with Crippen LogP contribution in [0.2, 0.25) is 0 Å². The first-order chi connectivity index (χ1) is 7.65. The highest BCUT2D eigenvalue weighted by molar-refractivity contribution is 14.1. The number of rotatable bonds is 3. The smallest absolute Gasteiger partial charge is 0.112 e. The molecule has 0 bridgehead atoms.